The number of aromatic nitrogens is 3. The van der Waals surface area contributed by atoms with Crippen molar-refractivity contribution in [2.45, 2.75) is 6.92 Å². The molecule has 0 unspecified atom stereocenters. The number of nitro benzene ring substituents is 1. The van der Waals surface area contributed by atoms with Gasteiger partial charge in [0.2, 0.25) is 0 Å². The molecule has 1 heterocycles. The van der Waals surface area contributed by atoms with Gasteiger partial charge in [-0.2, -0.15) is 4.80 Å². The summed E-state index contributed by atoms with van der Waals surface area (Å²) in [5.41, 5.74) is 2.64. The van der Waals surface area contributed by atoms with Crippen LogP contribution in [0.4, 0.5) is 11.4 Å². The van der Waals surface area contributed by atoms with Crippen molar-refractivity contribution in [1.82, 2.24) is 20.3 Å². The SMILES string of the molecule is CCOc1ccc(-n2nc3ccc(NC(=S)NC(=O)c4cccc([N+](=O)[O-])c4)cc3n2)cc1. The average Bonchev–Trinajstić information content (AvgIpc) is 3.23. The fourth-order valence-electron chi connectivity index (χ4n) is 3.05. The van der Waals surface area contributed by atoms with E-state index in [0.29, 0.717) is 23.3 Å². The van der Waals surface area contributed by atoms with Gasteiger partial charge in [-0.25, -0.2) is 0 Å². The van der Waals surface area contributed by atoms with Crippen molar-refractivity contribution in [3.05, 3.63) is 82.4 Å². The smallest absolute Gasteiger partial charge is 0.270 e. The first-order chi connectivity index (χ1) is 15.9. The molecule has 0 aliphatic rings. The molecule has 0 radical (unpaired) electrons. The van der Waals surface area contributed by atoms with Crippen LogP contribution in [0.15, 0.2) is 66.7 Å². The molecule has 1 amide bonds. The number of non-ortho nitro benzene ring substituents is 1. The van der Waals surface area contributed by atoms with Gasteiger partial charge in [0.25, 0.3) is 11.6 Å². The van der Waals surface area contributed by atoms with Gasteiger partial charge in [0, 0.05) is 23.4 Å². The van der Waals surface area contributed by atoms with Crippen LogP contribution >= 0.6 is 12.2 Å². The van der Waals surface area contributed by atoms with E-state index in [1.54, 1.807) is 18.2 Å². The van der Waals surface area contributed by atoms with Crippen LogP contribution in [0, 0.1) is 10.1 Å². The highest BCUT2D eigenvalue weighted by molar-refractivity contribution is 7.80. The van der Waals surface area contributed by atoms with Crippen LogP contribution < -0.4 is 15.4 Å². The minimum atomic E-state index is -0.566. The van der Waals surface area contributed by atoms with Crippen molar-refractivity contribution in [3.63, 3.8) is 0 Å². The standard InChI is InChI=1S/C22H18N6O4S/c1-2-32-18-9-7-16(8-10-18)27-25-19-11-6-15(13-20(19)26-27)23-22(33)24-21(29)14-4-3-5-17(12-14)28(30)31/h3-13H,2H2,1H3,(H2,23,24,29,33). The normalized spacial score (nSPS) is 10.6. The van der Waals surface area contributed by atoms with Gasteiger partial charge in [0.05, 0.1) is 17.2 Å². The van der Waals surface area contributed by atoms with Gasteiger partial charge in [0.1, 0.15) is 16.8 Å². The Balaban J connectivity index is 1.45. The molecule has 0 aliphatic carbocycles. The summed E-state index contributed by atoms with van der Waals surface area (Å²) in [5.74, 6) is 0.212. The van der Waals surface area contributed by atoms with E-state index in [9.17, 15) is 14.9 Å². The van der Waals surface area contributed by atoms with E-state index < -0.39 is 10.8 Å². The third-order valence-corrected chi connectivity index (χ3v) is 4.77. The molecule has 0 spiro atoms. The van der Waals surface area contributed by atoms with Crippen molar-refractivity contribution in [3.8, 4) is 11.4 Å². The monoisotopic (exact) mass is 462 g/mol. The Morgan fingerprint density at radius 2 is 1.85 bits per heavy atom. The van der Waals surface area contributed by atoms with Crippen LogP contribution in [0.1, 0.15) is 17.3 Å². The molecule has 4 rings (SSSR count). The Bertz CT molecular complexity index is 1350. The van der Waals surface area contributed by atoms with Gasteiger partial charge in [-0.1, -0.05) is 6.07 Å². The first-order valence-electron chi connectivity index (χ1n) is 9.90. The Morgan fingerprint density at radius 1 is 1.09 bits per heavy atom. The largest absolute Gasteiger partial charge is 0.494 e. The van der Waals surface area contributed by atoms with Gasteiger partial charge >= 0.3 is 0 Å². The van der Waals surface area contributed by atoms with Crippen LogP contribution in [-0.2, 0) is 0 Å². The molecule has 10 nitrogen and oxygen atoms in total. The van der Waals surface area contributed by atoms with Gasteiger partial charge in [0.15, 0.2) is 5.11 Å². The average molecular weight is 462 g/mol. The number of anilines is 1. The predicted octanol–water partition coefficient (Wildman–Crippen LogP) is 3.85. The fourth-order valence-corrected chi connectivity index (χ4v) is 3.26. The third kappa shape index (κ3) is 5.10. The van der Waals surface area contributed by atoms with Crippen molar-refractivity contribution in [2.75, 3.05) is 11.9 Å². The van der Waals surface area contributed by atoms with E-state index in [2.05, 4.69) is 20.8 Å². The summed E-state index contributed by atoms with van der Waals surface area (Å²) in [6.07, 6.45) is 0. The van der Waals surface area contributed by atoms with Gasteiger partial charge < -0.3 is 10.1 Å². The summed E-state index contributed by atoms with van der Waals surface area (Å²) < 4.78 is 5.45. The van der Waals surface area contributed by atoms with Crippen molar-refractivity contribution >= 4 is 45.6 Å². The Hall–Kier alpha value is -4.38. The van der Waals surface area contributed by atoms with Crippen LogP contribution in [0.5, 0.6) is 5.75 Å². The lowest BCUT2D eigenvalue weighted by Crippen LogP contribution is -2.34. The number of carbonyl (C=O) groups is 1. The zero-order valence-electron chi connectivity index (χ0n) is 17.4. The summed E-state index contributed by atoms with van der Waals surface area (Å²) >= 11 is 5.20. The van der Waals surface area contributed by atoms with Crippen molar-refractivity contribution in [1.29, 1.82) is 0 Å². The molecule has 0 atom stereocenters. The van der Waals surface area contributed by atoms with E-state index in [-0.39, 0.29) is 16.4 Å². The minimum absolute atomic E-state index is 0.0461. The van der Waals surface area contributed by atoms with Crippen LogP contribution in [0.25, 0.3) is 16.7 Å². The van der Waals surface area contributed by atoms with Crippen LogP contribution in [-0.4, -0.2) is 37.5 Å². The summed E-state index contributed by atoms with van der Waals surface area (Å²) in [4.78, 5) is 24.2. The zero-order valence-corrected chi connectivity index (χ0v) is 18.2. The maximum atomic E-state index is 12.4. The van der Waals surface area contributed by atoms with Crippen LogP contribution in [0.2, 0.25) is 0 Å². The number of thiocarbonyl (C=S) groups is 1. The topological polar surface area (TPSA) is 124 Å². The predicted molar refractivity (Wildman–Crippen MR) is 127 cm³/mol. The minimum Gasteiger partial charge on any atom is -0.494 e. The van der Waals surface area contributed by atoms with E-state index in [4.69, 9.17) is 17.0 Å². The lowest BCUT2D eigenvalue weighted by molar-refractivity contribution is -0.384. The molecular formula is C22H18N6O4S. The Labute approximate surface area is 193 Å². The molecule has 0 saturated heterocycles. The number of hydrogen-bond donors (Lipinski definition) is 2. The number of hydrogen-bond acceptors (Lipinski definition) is 7. The van der Waals surface area contributed by atoms with Gasteiger partial charge in [-0.05, 0) is 67.7 Å². The highest BCUT2D eigenvalue weighted by atomic mass is 32.1. The molecule has 0 aliphatic heterocycles. The van der Waals surface area contributed by atoms with Crippen molar-refractivity contribution < 1.29 is 14.5 Å². The number of carbonyl (C=O) groups excluding carboxylic acids is 1. The van der Waals surface area contributed by atoms with Crippen molar-refractivity contribution in [2.24, 2.45) is 0 Å². The number of rotatable bonds is 6. The third-order valence-electron chi connectivity index (χ3n) is 4.56. The van der Waals surface area contributed by atoms with Gasteiger partial charge in [-0.3, -0.25) is 20.2 Å². The summed E-state index contributed by atoms with van der Waals surface area (Å²) in [6, 6.07) is 18.1. The molecule has 0 bridgehead atoms. The lowest BCUT2D eigenvalue weighted by Gasteiger charge is -2.09. The molecule has 0 saturated carbocycles. The maximum Gasteiger partial charge on any atom is 0.270 e. The maximum absolute atomic E-state index is 12.4. The van der Waals surface area contributed by atoms with Crippen LogP contribution in [0.3, 0.4) is 0 Å². The summed E-state index contributed by atoms with van der Waals surface area (Å²) in [6.45, 7) is 2.51. The molecule has 4 aromatic rings. The fraction of sp³-hybridized carbons (Fsp3) is 0.0909. The molecular weight excluding hydrogens is 444 g/mol. The number of benzene rings is 3. The summed E-state index contributed by atoms with van der Waals surface area (Å²) in [7, 11) is 0. The number of fused-ring (bicyclic) bond motifs is 1. The Morgan fingerprint density at radius 3 is 2.58 bits per heavy atom. The number of ether oxygens (including phenoxy) is 1. The molecule has 166 valence electrons. The molecule has 33 heavy (non-hydrogen) atoms. The number of nitrogens with zero attached hydrogens (tertiary/aromatic N) is 4. The first kappa shape index (κ1) is 21.8. The van der Waals surface area contributed by atoms with E-state index in [0.717, 1.165) is 11.4 Å². The number of amides is 1. The quantitative estimate of drug-likeness (QED) is 0.252. The van der Waals surface area contributed by atoms with Gasteiger partial charge in [-0.15, -0.1) is 10.2 Å². The van der Waals surface area contributed by atoms with E-state index >= 15 is 0 Å². The van der Waals surface area contributed by atoms with E-state index in [1.165, 1.54) is 29.1 Å². The molecule has 1 aromatic heterocycles. The molecule has 11 heteroatoms. The zero-order chi connectivity index (χ0) is 23.4. The second-order valence-electron chi connectivity index (χ2n) is 6.84. The second-order valence-corrected chi connectivity index (χ2v) is 7.24. The highest BCUT2D eigenvalue weighted by Crippen LogP contribution is 2.19. The number of nitro groups is 1. The first-order valence-corrected chi connectivity index (χ1v) is 10.3. The number of nitrogens with one attached hydrogen (secondary N) is 2. The highest BCUT2D eigenvalue weighted by Gasteiger charge is 2.13. The molecule has 2 N–H and O–H groups in total. The summed E-state index contributed by atoms with van der Waals surface area (Å²) in [5, 5.41) is 25.3. The lowest BCUT2D eigenvalue weighted by atomic mass is 10.2. The molecule has 3 aromatic carbocycles. The molecule has 0 fully saturated rings. The Kier molecular flexibility index (Phi) is 6.22. The van der Waals surface area contributed by atoms with E-state index in [1.807, 2.05) is 31.2 Å². The second kappa shape index (κ2) is 9.40.